The Bertz CT molecular complexity index is 986. The normalized spacial score (nSPS) is 11.5. The summed E-state index contributed by atoms with van der Waals surface area (Å²) in [5.41, 5.74) is 5.47. The van der Waals surface area contributed by atoms with Crippen molar-refractivity contribution in [3.8, 4) is 0 Å². The smallest absolute Gasteiger partial charge is 0.380 e. The van der Waals surface area contributed by atoms with Crippen molar-refractivity contribution in [2.45, 2.75) is 12.7 Å². The maximum Gasteiger partial charge on any atom is 0.419 e. The number of carbonyl (C=O) groups excluding carboxylic acids is 1. The van der Waals surface area contributed by atoms with E-state index in [4.69, 9.17) is 5.73 Å². The second-order valence-electron chi connectivity index (χ2n) is 5.59. The van der Waals surface area contributed by atoms with Gasteiger partial charge in [0.1, 0.15) is 5.82 Å². The minimum Gasteiger partial charge on any atom is -0.380 e. The van der Waals surface area contributed by atoms with Gasteiger partial charge in [-0.2, -0.15) is 13.2 Å². The van der Waals surface area contributed by atoms with Crippen LogP contribution in [0, 0.1) is 5.82 Å². The van der Waals surface area contributed by atoms with Crippen molar-refractivity contribution in [2.75, 3.05) is 5.32 Å². The molecule has 2 aromatic carbocycles. The first kappa shape index (κ1) is 17.7. The lowest BCUT2D eigenvalue weighted by Gasteiger charge is -2.13. The molecule has 4 nitrogen and oxygen atoms in total. The Labute approximate surface area is 145 Å². The van der Waals surface area contributed by atoms with Crippen molar-refractivity contribution < 1.29 is 22.4 Å². The van der Waals surface area contributed by atoms with Crippen molar-refractivity contribution in [3.63, 3.8) is 0 Å². The number of hydrogen-bond donors (Lipinski definition) is 2. The predicted molar refractivity (Wildman–Crippen MR) is 89.0 cm³/mol. The second kappa shape index (κ2) is 6.62. The molecular weight excluding hydrogens is 350 g/mol. The first-order valence-corrected chi connectivity index (χ1v) is 7.54. The maximum atomic E-state index is 13.4. The molecule has 0 radical (unpaired) electrons. The summed E-state index contributed by atoms with van der Waals surface area (Å²) < 4.78 is 51.8. The van der Waals surface area contributed by atoms with E-state index in [0.29, 0.717) is 16.6 Å². The first-order chi connectivity index (χ1) is 12.3. The van der Waals surface area contributed by atoms with E-state index in [1.165, 1.54) is 18.3 Å². The summed E-state index contributed by atoms with van der Waals surface area (Å²) in [5, 5.41) is 3.59. The number of alkyl halides is 3. The van der Waals surface area contributed by atoms with Crippen LogP contribution in [0.25, 0.3) is 10.9 Å². The number of hydrogen-bond acceptors (Lipinski definition) is 3. The molecule has 1 heterocycles. The Kier molecular flexibility index (Phi) is 4.50. The zero-order valence-electron chi connectivity index (χ0n) is 13.3. The number of nitrogens with zero attached hydrogens (tertiary/aromatic N) is 1. The van der Waals surface area contributed by atoms with E-state index in [-0.39, 0.29) is 17.7 Å². The third-order valence-electron chi connectivity index (χ3n) is 3.85. The predicted octanol–water partition coefficient (Wildman–Crippen LogP) is 4.10. The fraction of sp³-hybridized carbons (Fsp3) is 0.111. The number of aromatic nitrogens is 1. The number of nitrogens with one attached hydrogen (secondary N) is 1. The molecule has 3 N–H and O–H groups in total. The Morgan fingerprint density at radius 2 is 1.92 bits per heavy atom. The lowest BCUT2D eigenvalue weighted by molar-refractivity contribution is -0.140. The zero-order valence-corrected chi connectivity index (χ0v) is 13.3. The van der Waals surface area contributed by atoms with Gasteiger partial charge in [0, 0.05) is 23.8 Å². The zero-order chi connectivity index (χ0) is 18.9. The molecular formula is C18H13F4N3O. The molecule has 0 saturated heterocycles. The minimum atomic E-state index is -4.76. The SMILES string of the molecule is NC(=O)c1ccc(NCc2ccc(F)c(C(F)(F)F)c2)c2cccnc12. The lowest BCUT2D eigenvalue weighted by atomic mass is 10.1. The number of anilines is 1. The molecule has 0 atom stereocenters. The van der Waals surface area contributed by atoms with Gasteiger partial charge >= 0.3 is 6.18 Å². The van der Waals surface area contributed by atoms with E-state index in [1.54, 1.807) is 18.2 Å². The highest BCUT2D eigenvalue weighted by Crippen LogP contribution is 2.32. The van der Waals surface area contributed by atoms with Gasteiger partial charge in [0.25, 0.3) is 5.91 Å². The largest absolute Gasteiger partial charge is 0.419 e. The number of primary amides is 1. The van der Waals surface area contributed by atoms with Gasteiger partial charge in [-0.1, -0.05) is 6.07 Å². The van der Waals surface area contributed by atoms with Crippen molar-refractivity contribution >= 4 is 22.5 Å². The summed E-state index contributed by atoms with van der Waals surface area (Å²) in [6, 6.07) is 9.29. The Morgan fingerprint density at radius 1 is 1.15 bits per heavy atom. The van der Waals surface area contributed by atoms with Crippen LogP contribution >= 0.6 is 0 Å². The fourth-order valence-electron chi connectivity index (χ4n) is 2.62. The molecule has 0 bridgehead atoms. The number of amides is 1. The van der Waals surface area contributed by atoms with Gasteiger partial charge in [-0.3, -0.25) is 9.78 Å². The standard InChI is InChI=1S/C18H13F4N3O/c19-14-5-3-10(8-13(14)18(20,21)22)9-25-15-6-4-12(17(23)26)16-11(15)2-1-7-24-16/h1-8,25H,9H2,(H2,23,26). The fourth-order valence-corrected chi connectivity index (χ4v) is 2.62. The molecule has 0 saturated carbocycles. The lowest BCUT2D eigenvalue weighted by Crippen LogP contribution is -2.12. The highest BCUT2D eigenvalue weighted by Gasteiger charge is 2.34. The van der Waals surface area contributed by atoms with Crippen LogP contribution in [0.3, 0.4) is 0 Å². The van der Waals surface area contributed by atoms with Crippen molar-refractivity contribution in [1.82, 2.24) is 4.98 Å². The van der Waals surface area contributed by atoms with Crippen LogP contribution in [0.2, 0.25) is 0 Å². The molecule has 0 aliphatic carbocycles. The summed E-state index contributed by atoms with van der Waals surface area (Å²) in [4.78, 5) is 15.6. The van der Waals surface area contributed by atoms with Gasteiger partial charge in [0.15, 0.2) is 0 Å². The van der Waals surface area contributed by atoms with E-state index < -0.39 is 23.5 Å². The van der Waals surface area contributed by atoms with E-state index in [0.717, 1.165) is 12.1 Å². The molecule has 134 valence electrons. The van der Waals surface area contributed by atoms with Crippen molar-refractivity contribution in [3.05, 3.63) is 71.2 Å². The number of nitrogens with two attached hydrogens (primary N) is 1. The average Bonchev–Trinajstić information content (AvgIpc) is 2.59. The molecule has 0 spiro atoms. The van der Waals surface area contributed by atoms with Gasteiger partial charge < -0.3 is 11.1 Å². The van der Waals surface area contributed by atoms with Crippen LogP contribution in [-0.4, -0.2) is 10.9 Å². The highest BCUT2D eigenvalue weighted by molar-refractivity contribution is 6.08. The van der Waals surface area contributed by atoms with Gasteiger partial charge in [-0.25, -0.2) is 4.39 Å². The molecule has 3 rings (SSSR count). The summed E-state index contributed by atoms with van der Waals surface area (Å²) in [6.07, 6.45) is -3.26. The topological polar surface area (TPSA) is 68.0 Å². The Hall–Kier alpha value is -3.16. The van der Waals surface area contributed by atoms with Crippen LogP contribution in [0.4, 0.5) is 23.2 Å². The van der Waals surface area contributed by atoms with Crippen LogP contribution in [0.1, 0.15) is 21.5 Å². The first-order valence-electron chi connectivity index (χ1n) is 7.54. The quantitative estimate of drug-likeness (QED) is 0.686. The Morgan fingerprint density at radius 3 is 2.62 bits per heavy atom. The minimum absolute atomic E-state index is 0.0310. The third kappa shape index (κ3) is 3.44. The molecule has 8 heteroatoms. The number of halogens is 4. The molecule has 0 unspecified atom stereocenters. The number of rotatable bonds is 4. The van der Waals surface area contributed by atoms with Gasteiger partial charge in [0.05, 0.1) is 16.6 Å². The van der Waals surface area contributed by atoms with E-state index >= 15 is 0 Å². The van der Waals surface area contributed by atoms with Crippen LogP contribution in [0.5, 0.6) is 0 Å². The molecule has 26 heavy (non-hydrogen) atoms. The summed E-state index contributed by atoms with van der Waals surface area (Å²) in [5.74, 6) is -1.95. The highest BCUT2D eigenvalue weighted by atomic mass is 19.4. The van der Waals surface area contributed by atoms with Crippen LogP contribution in [-0.2, 0) is 12.7 Å². The molecule has 0 aliphatic rings. The molecule has 3 aromatic rings. The number of benzene rings is 2. The van der Waals surface area contributed by atoms with Crippen LogP contribution in [0.15, 0.2) is 48.7 Å². The monoisotopic (exact) mass is 363 g/mol. The molecule has 1 amide bonds. The summed E-state index contributed by atoms with van der Waals surface area (Å²) >= 11 is 0. The van der Waals surface area contributed by atoms with E-state index in [2.05, 4.69) is 10.3 Å². The summed E-state index contributed by atoms with van der Waals surface area (Å²) in [7, 11) is 0. The maximum absolute atomic E-state index is 13.4. The van der Waals surface area contributed by atoms with Gasteiger partial charge in [-0.05, 0) is 42.0 Å². The van der Waals surface area contributed by atoms with Crippen LogP contribution < -0.4 is 11.1 Å². The Balaban J connectivity index is 1.92. The summed E-state index contributed by atoms with van der Waals surface area (Å²) in [6.45, 7) is 0.0310. The third-order valence-corrected chi connectivity index (χ3v) is 3.85. The molecule has 0 aliphatic heterocycles. The van der Waals surface area contributed by atoms with E-state index in [1.807, 2.05) is 0 Å². The van der Waals surface area contributed by atoms with Crippen molar-refractivity contribution in [1.29, 1.82) is 0 Å². The van der Waals surface area contributed by atoms with E-state index in [9.17, 15) is 22.4 Å². The number of carbonyl (C=O) groups is 1. The number of pyridine rings is 1. The average molecular weight is 363 g/mol. The molecule has 0 fully saturated rings. The second-order valence-corrected chi connectivity index (χ2v) is 5.59. The van der Waals surface area contributed by atoms with Gasteiger partial charge in [0.2, 0.25) is 0 Å². The van der Waals surface area contributed by atoms with Gasteiger partial charge in [-0.15, -0.1) is 0 Å². The molecule has 1 aromatic heterocycles. The number of fused-ring (bicyclic) bond motifs is 1. The van der Waals surface area contributed by atoms with Crippen molar-refractivity contribution in [2.24, 2.45) is 5.73 Å².